The number of rotatable bonds is 6. The molecule has 3 heterocycles. The van der Waals surface area contributed by atoms with Crippen LogP contribution in [0.5, 0.6) is 5.75 Å². The van der Waals surface area contributed by atoms with Crippen molar-refractivity contribution in [3.63, 3.8) is 0 Å². The van der Waals surface area contributed by atoms with Gasteiger partial charge < -0.3 is 14.6 Å². The largest absolute Gasteiger partial charge is 0.493 e. The number of carboxylic acid groups (broad SMARTS) is 1. The van der Waals surface area contributed by atoms with Gasteiger partial charge in [-0.1, -0.05) is 35.7 Å². The molecule has 37 heavy (non-hydrogen) atoms. The predicted molar refractivity (Wildman–Crippen MR) is 144 cm³/mol. The van der Waals surface area contributed by atoms with Crippen molar-refractivity contribution in [2.24, 2.45) is 7.05 Å². The van der Waals surface area contributed by atoms with Crippen LogP contribution in [0.4, 0.5) is 10.6 Å². The maximum Gasteiger partial charge on any atom is 0.413 e. The molecule has 1 fully saturated rings. The van der Waals surface area contributed by atoms with Crippen LogP contribution in [0.15, 0.2) is 36.5 Å². The molecule has 2 N–H and O–H groups in total. The quantitative estimate of drug-likeness (QED) is 0.275. The molecule has 1 amide bonds. The second-order valence-corrected chi connectivity index (χ2v) is 11.1. The van der Waals surface area contributed by atoms with Crippen molar-refractivity contribution < 1.29 is 24.2 Å². The summed E-state index contributed by atoms with van der Waals surface area (Å²) in [5, 5.41) is 17.1. The summed E-state index contributed by atoms with van der Waals surface area (Å²) in [7, 11) is 3.26. The number of ether oxygens (including phenoxy) is 2. The summed E-state index contributed by atoms with van der Waals surface area (Å²) in [4.78, 5) is 25.9. The van der Waals surface area contributed by atoms with Crippen molar-refractivity contribution in [2.45, 2.75) is 31.3 Å². The number of halogens is 1. The molecule has 1 unspecified atom stereocenters. The molecule has 3 aromatic heterocycles. The van der Waals surface area contributed by atoms with Gasteiger partial charge in [0.1, 0.15) is 22.2 Å². The lowest BCUT2D eigenvalue weighted by Crippen LogP contribution is -2.18. The Hall–Kier alpha value is -3.52. The van der Waals surface area contributed by atoms with E-state index in [2.05, 4.69) is 22.3 Å². The molecule has 0 radical (unpaired) electrons. The zero-order valence-corrected chi connectivity index (χ0v) is 22.5. The number of aryl methyl sites for hydroxylation is 1. The third-order valence-corrected chi connectivity index (χ3v) is 9.10. The number of fused-ring (bicyclic) bond motifs is 1. The molecule has 0 bridgehead atoms. The molecule has 1 saturated carbocycles. The molecular formula is C26H22ClN3O5S2. The fourth-order valence-electron chi connectivity index (χ4n) is 4.02. The minimum absolute atomic E-state index is 0.389. The predicted octanol–water partition coefficient (Wildman–Crippen LogP) is 6.18. The van der Waals surface area contributed by atoms with Gasteiger partial charge in [0, 0.05) is 22.5 Å². The first-order chi connectivity index (χ1) is 17.7. The Morgan fingerprint density at radius 2 is 2.03 bits per heavy atom. The minimum atomic E-state index is -0.781. The Balaban J connectivity index is 1.36. The topological polar surface area (TPSA) is 103 Å². The smallest absolute Gasteiger partial charge is 0.413 e. The summed E-state index contributed by atoms with van der Waals surface area (Å²) in [6.07, 6.45) is 1.65. The van der Waals surface area contributed by atoms with Gasteiger partial charge in [0.2, 0.25) is 0 Å². The molecule has 1 aliphatic carbocycles. The van der Waals surface area contributed by atoms with E-state index in [1.165, 1.54) is 27.4 Å². The number of aliphatic carboxylic acids is 1. The van der Waals surface area contributed by atoms with Crippen LogP contribution >= 0.6 is 34.3 Å². The van der Waals surface area contributed by atoms with Gasteiger partial charge in [0.15, 0.2) is 5.75 Å². The van der Waals surface area contributed by atoms with Crippen molar-refractivity contribution in [3.05, 3.63) is 62.4 Å². The van der Waals surface area contributed by atoms with Crippen molar-refractivity contribution in [3.8, 4) is 17.6 Å². The number of nitrogens with zero attached hydrogens (tertiary/aromatic N) is 2. The van der Waals surface area contributed by atoms with Crippen LogP contribution in [0, 0.1) is 11.8 Å². The zero-order chi connectivity index (χ0) is 26.3. The summed E-state index contributed by atoms with van der Waals surface area (Å²) in [5.41, 5.74) is 0.453. The first-order valence-electron chi connectivity index (χ1n) is 11.3. The molecule has 1 aliphatic rings. The summed E-state index contributed by atoms with van der Waals surface area (Å²) < 4.78 is 14.5. The summed E-state index contributed by atoms with van der Waals surface area (Å²) >= 11 is 9.10. The Morgan fingerprint density at radius 1 is 1.27 bits per heavy atom. The van der Waals surface area contributed by atoms with Crippen LogP contribution in [0.25, 0.3) is 9.40 Å². The number of hydrogen-bond donors (Lipinski definition) is 2. The van der Waals surface area contributed by atoms with E-state index in [-0.39, 0.29) is 0 Å². The Morgan fingerprint density at radius 3 is 2.70 bits per heavy atom. The number of aromatic nitrogens is 2. The van der Waals surface area contributed by atoms with Gasteiger partial charge >= 0.3 is 12.1 Å². The molecule has 1 atom stereocenters. The number of thiophene rings is 2. The molecule has 5 rings (SSSR count). The molecule has 0 aliphatic heterocycles. The van der Waals surface area contributed by atoms with Gasteiger partial charge in [-0.3, -0.25) is 14.8 Å². The van der Waals surface area contributed by atoms with E-state index >= 15 is 0 Å². The number of carbonyl (C=O) groups excluding carboxylic acids is 1. The summed E-state index contributed by atoms with van der Waals surface area (Å²) in [6, 6.07) is 9.11. The van der Waals surface area contributed by atoms with Crippen molar-refractivity contribution in [2.75, 3.05) is 12.4 Å². The monoisotopic (exact) mass is 555 g/mol. The number of carboxylic acids is 1. The highest BCUT2D eigenvalue weighted by Gasteiger charge is 2.53. The van der Waals surface area contributed by atoms with Crippen LogP contribution in [0.3, 0.4) is 0 Å². The average molecular weight is 556 g/mol. The number of hydrogen-bond acceptors (Lipinski definition) is 7. The molecule has 0 spiro atoms. The minimum Gasteiger partial charge on any atom is -0.493 e. The van der Waals surface area contributed by atoms with E-state index < -0.39 is 23.6 Å². The lowest BCUT2D eigenvalue weighted by molar-refractivity contribution is -0.139. The lowest BCUT2D eigenvalue weighted by atomic mass is 10.1. The number of anilines is 1. The lowest BCUT2D eigenvalue weighted by Gasteiger charge is -2.15. The van der Waals surface area contributed by atoms with Crippen molar-refractivity contribution in [1.82, 2.24) is 9.78 Å². The molecule has 1 aromatic carbocycles. The molecule has 0 saturated heterocycles. The van der Waals surface area contributed by atoms with Crippen LogP contribution in [-0.2, 0) is 22.0 Å². The van der Waals surface area contributed by atoms with E-state index in [1.54, 1.807) is 39.4 Å². The second-order valence-electron chi connectivity index (χ2n) is 8.63. The Labute approximate surface area is 225 Å². The molecule has 4 aromatic rings. The first kappa shape index (κ1) is 25.1. The van der Waals surface area contributed by atoms with Crippen molar-refractivity contribution >= 4 is 61.6 Å². The number of nitrogens with one attached hydrogen (secondary N) is 1. The van der Waals surface area contributed by atoms with Gasteiger partial charge in [-0.15, -0.1) is 22.7 Å². The standard InChI is InChI=1S/C26H22ClN3O5S2/c1-14(16-6-4-5-7-17(16)27)35-25(33)29-23-15(13-28-30(23)2)8-9-18-21(34-3)22-19(36-18)12-20(37-22)26(10-11-26)24(31)32/h4-7,12-14H,10-11H2,1-3H3,(H,29,33)(H,31,32). The Kier molecular flexibility index (Phi) is 6.62. The Bertz CT molecular complexity index is 1590. The van der Waals surface area contributed by atoms with Gasteiger partial charge in [0.05, 0.1) is 28.3 Å². The van der Waals surface area contributed by atoms with Crippen LogP contribution in [-0.4, -0.2) is 34.1 Å². The molecule has 190 valence electrons. The fraction of sp³-hybridized carbons (Fsp3) is 0.269. The number of benzene rings is 1. The van der Waals surface area contributed by atoms with Crippen LogP contribution in [0.2, 0.25) is 5.02 Å². The van der Waals surface area contributed by atoms with Crippen LogP contribution in [0.1, 0.15) is 46.8 Å². The summed E-state index contributed by atoms with van der Waals surface area (Å²) in [6.45, 7) is 1.74. The fourth-order valence-corrected chi connectivity index (χ4v) is 6.98. The van der Waals surface area contributed by atoms with Gasteiger partial charge in [-0.05, 0) is 37.8 Å². The zero-order valence-electron chi connectivity index (χ0n) is 20.1. The van der Waals surface area contributed by atoms with E-state index in [9.17, 15) is 14.7 Å². The van der Waals surface area contributed by atoms with E-state index in [4.69, 9.17) is 21.1 Å². The van der Waals surface area contributed by atoms with Gasteiger partial charge in [0.25, 0.3) is 0 Å². The average Bonchev–Trinajstić information content (AvgIpc) is 3.33. The van der Waals surface area contributed by atoms with E-state index in [0.717, 1.165) is 14.3 Å². The number of carbonyl (C=O) groups is 2. The third kappa shape index (κ3) is 4.66. The van der Waals surface area contributed by atoms with Crippen LogP contribution < -0.4 is 10.1 Å². The van der Waals surface area contributed by atoms with E-state index in [0.29, 0.717) is 45.4 Å². The molecular weight excluding hydrogens is 534 g/mol. The normalized spacial score (nSPS) is 14.5. The summed E-state index contributed by atoms with van der Waals surface area (Å²) in [5.74, 6) is 6.42. The highest BCUT2D eigenvalue weighted by molar-refractivity contribution is 7.28. The SMILES string of the molecule is COc1c(C#Cc2cnn(C)c2NC(=O)OC(C)c2ccccc2Cl)sc2cc(C3(C(=O)O)CC3)sc12. The second kappa shape index (κ2) is 9.74. The molecule has 8 nitrogen and oxygen atoms in total. The first-order valence-corrected chi connectivity index (χ1v) is 13.3. The van der Waals surface area contributed by atoms with E-state index in [1.807, 2.05) is 18.2 Å². The third-order valence-electron chi connectivity index (χ3n) is 6.25. The highest BCUT2D eigenvalue weighted by atomic mass is 35.5. The number of methoxy groups -OCH3 is 1. The van der Waals surface area contributed by atoms with Gasteiger partial charge in [-0.25, -0.2) is 4.79 Å². The van der Waals surface area contributed by atoms with Gasteiger partial charge in [-0.2, -0.15) is 5.10 Å². The van der Waals surface area contributed by atoms with Crippen molar-refractivity contribution in [1.29, 1.82) is 0 Å². The molecule has 11 heteroatoms. The number of amides is 1. The highest BCUT2D eigenvalue weighted by Crippen LogP contribution is 2.54. The maximum absolute atomic E-state index is 12.6. The maximum atomic E-state index is 12.6.